The van der Waals surface area contributed by atoms with E-state index in [1.807, 2.05) is 0 Å². The minimum atomic E-state index is 0.0387. The largest absolute Gasteiger partial charge is 0.362 e. The Hall–Kier alpha value is -1.55. The zero-order valence-corrected chi connectivity index (χ0v) is 13.3. The van der Waals surface area contributed by atoms with Crippen LogP contribution in [-0.4, -0.2) is 32.1 Å². The Morgan fingerprint density at radius 3 is 2.55 bits per heavy atom. The van der Waals surface area contributed by atoms with Crippen molar-refractivity contribution >= 4 is 11.6 Å². The number of rotatable bonds is 7. The monoisotopic (exact) mass is 277 g/mol. The van der Waals surface area contributed by atoms with E-state index in [0.29, 0.717) is 12.6 Å². The zero-order valence-electron chi connectivity index (χ0n) is 13.3. The summed E-state index contributed by atoms with van der Waals surface area (Å²) in [5, 5.41) is 6.09. The number of hydrogen-bond donors (Lipinski definition) is 2. The van der Waals surface area contributed by atoms with Crippen LogP contribution in [0.1, 0.15) is 31.9 Å². The molecule has 0 atom stereocenters. The first-order valence-electron chi connectivity index (χ1n) is 7.26. The summed E-state index contributed by atoms with van der Waals surface area (Å²) in [7, 11) is 1.67. The highest BCUT2D eigenvalue weighted by Gasteiger charge is 2.11. The van der Waals surface area contributed by atoms with Crippen LogP contribution in [-0.2, 0) is 11.3 Å². The molecule has 0 fully saturated rings. The smallest absolute Gasteiger partial charge is 0.239 e. The summed E-state index contributed by atoms with van der Waals surface area (Å²) < 4.78 is 0. The van der Waals surface area contributed by atoms with E-state index >= 15 is 0 Å². The molecule has 20 heavy (non-hydrogen) atoms. The van der Waals surface area contributed by atoms with Crippen LogP contribution in [0.2, 0.25) is 0 Å². The highest BCUT2D eigenvalue weighted by molar-refractivity contribution is 5.81. The van der Waals surface area contributed by atoms with Gasteiger partial charge in [-0.05, 0) is 31.0 Å². The van der Waals surface area contributed by atoms with E-state index in [9.17, 15) is 4.79 Å². The number of benzene rings is 1. The van der Waals surface area contributed by atoms with Gasteiger partial charge < -0.3 is 15.5 Å². The number of amides is 1. The molecule has 0 aliphatic heterocycles. The van der Waals surface area contributed by atoms with Gasteiger partial charge in [-0.15, -0.1) is 0 Å². The molecule has 0 bridgehead atoms. The average molecular weight is 277 g/mol. The number of nitrogens with zero attached hydrogens (tertiary/aromatic N) is 1. The lowest BCUT2D eigenvalue weighted by atomic mass is 10.1. The minimum Gasteiger partial charge on any atom is -0.362 e. The third kappa shape index (κ3) is 4.85. The molecule has 0 aliphatic carbocycles. The second kappa shape index (κ2) is 7.90. The van der Waals surface area contributed by atoms with Gasteiger partial charge in [-0.3, -0.25) is 4.79 Å². The van der Waals surface area contributed by atoms with E-state index in [1.54, 1.807) is 7.05 Å². The van der Waals surface area contributed by atoms with Crippen LogP contribution in [0.3, 0.4) is 0 Å². The highest BCUT2D eigenvalue weighted by Crippen LogP contribution is 2.21. The van der Waals surface area contributed by atoms with E-state index in [0.717, 1.165) is 18.8 Å². The average Bonchev–Trinajstić information content (AvgIpc) is 2.42. The van der Waals surface area contributed by atoms with Crippen molar-refractivity contribution in [2.75, 3.05) is 25.0 Å². The molecule has 1 aromatic rings. The molecule has 112 valence electrons. The number of nitrogens with one attached hydrogen (secondary N) is 2. The molecule has 0 aliphatic rings. The molecular formula is C16H27N3O. The van der Waals surface area contributed by atoms with Crippen LogP contribution in [0.15, 0.2) is 18.2 Å². The van der Waals surface area contributed by atoms with Gasteiger partial charge in [-0.1, -0.05) is 26.0 Å². The molecule has 0 heterocycles. The maximum Gasteiger partial charge on any atom is 0.239 e. The topological polar surface area (TPSA) is 44.4 Å². The Bertz CT molecular complexity index is 443. The third-order valence-corrected chi connectivity index (χ3v) is 3.31. The summed E-state index contributed by atoms with van der Waals surface area (Å²) in [6.07, 6.45) is 0. The molecule has 0 aromatic heterocycles. The molecule has 0 radical (unpaired) electrons. The lowest BCUT2D eigenvalue weighted by Gasteiger charge is -2.24. The molecule has 1 aromatic carbocycles. The number of anilines is 1. The maximum absolute atomic E-state index is 11.5. The van der Waals surface area contributed by atoms with Gasteiger partial charge in [0, 0.05) is 31.9 Å². The van der Waals surface area contributed by atoms with Crippen molar-refractivity contribution in [1.29, 1.82) is 0 Å². The fourth-order valence-electron chi connectivity index (χ4n) is 2.12. The summed E-state index contributed by atoms with van der Waals surface area (Å²) in [5.41, 5.74) is 3.61. The van der Waals surface area contributed by atoms with E-state index in [1.165, 1.54) is 11.1 Å². The number of carbonyl (C=O) groups excluding carboxylic acids is 1. The number of aryl methyl sites for hydroxylation is 1. The SMILES string of the molecule is CCN(CC(=O)NC)c1ccc(CNC(C)C)cc1C. The van der Waals surface area contributed by atoms with Crippen LogP contribution in [0.4, 0.5) is 5.69 Å². The van der Waals surface area contributed by atoms with Crippen molar-refractivity contribution in [1.82, 2.24) is 10.6 Å². The molecule has 4 nitrogen and oxygen atoms in total. The van der Waals surface area contributed by atoms with Crippen LogP contribution < -0.4 is 15.5 Å². The molecule has 1 amide bonds. The van der Waals surface area contributed by atoms with Crippen molar-refractivity contribution < 1.29 is 4.79 Å². The van der Waals surface area contributed by atoms with Crippen LogP contribution in [0.25, 0.3) is 0 Å². The van der Waals surface area contributed by atoms with Crippen molar-refractivity contribution in [3.8, 4) is 0 Å². The standard InChI is InChI=1S/C16H27N3O/c1-6-19(11-16(20)17-5)15-8-7-14(9-13(15)4)10-18-12(2)3/h7-9,12,18H,6,10-11H2,1-5H3,(H,17,20). The van der Waals surface area contributed by atoms with E-state index in [2.05, 4.69) is 61.4 Å². The summed E-state index contributed by atoms with van der Waals surface area (Å²) in [6.45, 7) is 10.5. The molecule has 0 saturated carbocycles. The maximum atomic E-state index is 11.5. The van der Waals surface area contributed by atoms with Gasteiger partial charge in [-0.2, -0.15) is 0 Å². The van der Waals surface area contributed by atoms with Crippen molar-refractivity contribution in [3.63, 3.8) is 0 Å². The molecule has 0 saturated heterocycles. The molecule has 1 rings (SSSR count). The molecule has 0 spiro atoms. The third-order valence-electron chi connectivity index (χ3n) is 3.31. The molecule has 0 unspecified atom stereocenters. The van der Waals surface area contributed by atoms with E-state index in [4.69, 9.17) is 0 Å². The highest BCUT2D eigenvalue weighted by atomic mass is 16.1. The van der Waals surface area contributed by atoms with Gasteiger partial charge in [0.05, 0.1) is 6.54 Å². The Kier molecular flexibility index (Phi) is 6.52. The first-order chi connectivity index (χ1) is 9.47. The minimum absolute atomic E-state index is 0.0387. The second-order valence-corrected chi connectivity index (χ2v) is 5.34. The Labute approximate surface area is 122 Å². The summed E-state index contributed by atoms with van der Waals surface area (Å²) in [4.78, 5) is 13.6. The van der Waals surface area contributed by atoms with Crippen molar-refractivity contribution in [2.24, 2.45) is 0 Å². The van der Waals surface area contributed by atoms with Gasteiger partial charge in [0.25, 0.3) is 0 Å². The van der Waals surface area contributed by atoms with E-state index in [-0.39, 0.29) is 5.91 Å². The predicted octanol–water partition coefficient (Wildman–Crippen LogP) is 2.07. The zero-order chi connectivity index (χ0) is 15.1. The Balaban J connectivity index is 2.82. The summed E-state index contributed by atoms with van der Waals surface area (Å²) in [5.74, 6) is 0.0387. The van der Waals surface area contributed by atoms with Crippen LogP contribution in [0, 0.1) is 6.92 Å². The van der Waals surface area contributed by atoms with Crippen molar-refractivity contribution in [3.05, 3.63) is 29.3 Å². The first kappa shape index (κ1) is 16.5. The molecule has 2 N–H and O–H groups in total. The molecule has 4 heteroatoms. The lowest BCUT2D eigenvalue weighted by Crippen LogP contribution is -2.35. The van der Waals surface area contributed by atoms with Gasteiger partial charge in [0.15, 0.2) is 0 Å². The van der Waals surface area contributed by atoms with E-state index < -0.39 is 0 Å². The molecular weight excluding hydrogens is 250 g/mol. The fourth-order valence-corrected chi connectivity index (χ4v) is 2.12. The van der Waals surface area contributed by atoms with Crippen LogP contribution >= 0.6 is 0 Å². The number of carbonyl (C=O) groups is 1. The van der Waals surface area contributed by atoms with Gasteiger partial charge in [-0.25, -0.2) is 0 Å². The van der Waals surface area contributed by atoms with Gasteiger partial charge in [0.1, 0.15) is 0 Å². The Morgan fingerprint density at radius 2 is 2.05 bits per heavy atom. The quantitative estimate of drug-likeness (QED) is 0.802. The van der Waals surface area contributed by atoms with Gasteiger partial charge >= 0.3 is 0 Å². The summed E-state index contributed by atoms with van der Waals surface area (Å²) >= 11 is 0. The fraction of sp³-hybridized carbons (Fsp3) is 0.562. The first-order valence-corrected chi connectivity index (χ1v) is 7.26. The normalized spacial score (nSPS) is 10.7. The lowest BCUT2D eigenvalue weighted by molar-refractivity contribution is -0.119. The number of hydrogen-bond acceptors (Lipinski definition) is 3. The van der Waals surface area contributed by atoms with Crippen molar-refractivity contribution in [2.45, 2.75) is 40.3 Å². The van der Waals surface area contributed by atoms with Crippen LogP contribution in [0.5, 0.6) is 0 Å². The number of likely N-dealkylation sites (N-methyl/N-ethyl adjacent to an activating group) is 2. The van der Waals surface area contributed by atoms with Gasteiger partial charge in [0.2, 0.25) is 5.91 Å². The summed E-state index contributed by atoms with van der Waals surface area (Å²) in [6, 6.07) is 6.91. The second-order valence-electron chi connectivity index (χ2n) is 5.34. The Morgan fingerprint density at radius 1 is 1.35 bits per heavy atom. The predicted molar refractivity (Wildman–Crippen MR) is 85.1 cm³/mol.